The number of ether oxygens (including phenoxy) is 1. The van der Waals surface area contributed by atoms with Crippen LogP contribution >= 0.6 is 0 Å². The van der Waals surface area contributed by atoms with E-state index in [1.165, 1.54) is 5.56 Å². The van der Waals surface area contributed by atoms with Crippen LogP contribution in [-0.4, -0.2) is 69.0 Å². The average molecular weight is 1020 g/mol. The van der Waals surface area contributed by atoms with Crippen LogP contribution in [0, 0.1) is 0 Å². The van der Waals surface area contributed by atoms with Crippen molar-refractivity contribution < 1.29 is 97.4 Å². The van der Waals surface area contributed by atoms with Crippen molar-refractivity contribution in [3.63, 3.8) is 0 Å². The van der Waals surface area contributed by atoms with Gasteiger partial charge in [0.15, 0.2) is 0 Å². The second-order valence-corrected chi connectivity index (χ2v) is 22.8. The molecule has 71 heavy (non-hydrogen) atoms. The van der Waals surface area contributed by atoms with E-state index in [4.69, 9.17) is 4.74 Å². The fourth-order valence-electron chi connectivity index (χ4n) is 10.6. The van der Waals surface area contributed by atoms with Gasteiger partial charge >= 0.3 is 59.1 Å². The minimum absolute atomic E-state index is 0. The number of benzene rings is 5. The first-order chi connectivity index (χ1) is 32.7. The quantitative estimate of drug-likeness (QED) is 0.0647. The van der Waals surface area contributed by atoms with Crippen molar-refractivity contribution in [2.24, 2.45) is 0 Å². The summed E-state index contributed by atoms with van der Waals surface area (Å²) in [4.78, 5) is 16.6. The van der Waals surface area contributed by atoms with E-state index in [0.717, 1.165) is 85.9 Å². The number of nitrogens with zero attached hydrogens (tertiary/aromatic N) is 2. The van der Waals surface area contributed by atoms with Gasteiger partial charge in [-0.05, 0) is 125 Å². The molecule has 5 aromatic carbocycles. The SMILES string of the molecule is C=C(C)C(=O)NCCc1ccc(OC2=C(C=CC3N(CCCS(=O)(=O)O)c4ccc5ccccc5c4C3(C)C)CCCC2=CC=C2N(CCCS(=O)(=O)O)c3ccc4ccccc4c3C2(C)C)cc1.[H-].[H-].[Na+].[Na+]. The van der Waals surface area contributed by atoms with Crippen LogP contribution in [0.4, 0.5) is 11.4 Å². The molecule has 5 aromatic rings. The van der Waals surface area contributed by atoms with Gasteiger partial charge in [0.25, 0.3) is 20.2 Å². The molecule has 8 rings (SSSR count). The number of fused-ring (bicyclic) bond motifs is 6. The molecule has 0 spiro atoms. The maximum atomic E-state index is 12.1. The van der Waals surface area contributed by atoms with Crippen LogP contribution in [0.25, 0.3) is 21.5 Å². The van der Waals surface area contributed by atoms with Crippen LogP contribution in [0.1, 0.15) is 86.3 Å². The predicted octanol–water partition coefficient (Wildman–Crippen LogP) is 5.16. The number of hydrogen-bond donors (Lipinski definition) is 3. The summed E-state index contributed by atoms with van der Waals surface area (Å²) in [6.45, 7) is 15.6. The van der Waals surface area contributed by atoms with Crippen LogP contribution in [0.5, 0.6) is 5.75 Å². The summed E-state index contributed by atoms with van der Waals surface area (Å²) in [6, 6.07) is 32.8. The summed E-state index contributed by atoms with van der Waals surface area (Å²) in [7, 11) is -8.32. The number of nitrogens with one attached hydrogen (secondary N) is 1. The van der Waals surface area contributed by atoms with E-state index in [9.17, 15) is 30.7 Å². The molecule has 1 unspecified atom stereocenters. The zero-order valence-electron chi connectivity index (χ0n) is 44.2. The number of rotatable bonds is 17. The van der Waals surface area contributed by atoms with Crippen molar-refractivity contribution in [3.8, 4) is 5.75 Å². The van der Waals surface area contributed by atoms with Crippen molar-refractivity contribution in [2.45, 2.75) is 90.0 Å². The molecule has 0 radical (unpaired) electrons. The topological polar surface area (TPSA) is 154 Å². The van der Waals surface area contributed by atoms with Gasteiger partial charge in [0.05, 0.1) is 17.5 Å². The van der Waals surface area contributed by atoms with E-state index < -0.39 is 31.1 Å². The van der Waals surface area contributed by atoms with Gasteiger partial charge < -0.3 is 22.7 Å². The molecule has 0 fully saturated rings. The smallest absolute Gasteiger partial charge is 1.00 e. The number of allylic oxidation sites excluding steroid dienone is 6. The Morgan fingerprint density at radius 2 is 1.38 bits per heavy atom. The average Bonchev–Trinajstić information content (AvgIpc) is 3.65. The van der Waals surface area contributed by atoms with Gasteiger partial charge in [0.1, 0.15) is 11.5 Å². The van der Waals surface area contributed by atoms with Crippen molar-refractivity contribution in [3.05, 3.63) is 173 Å². The van der Waals surface area contributed by atoms with E-state index in [0.29, 0.717) is 37.4 Å². The molecule has 366 valence electrons. The molecular formula is C56H65N3Na2O8S2. The maximum absolute atomic E-state index is 12.1. The van der Waals surface area contributed by atoms with Crippen LogP contribution in [0.15, 0.2) is 156 Å². The summed E-state index contributed by atoms with van der Waals surface area (Å²) >= 11 is 0. The van der Waals surface area contributed by atoms with Crippen LogP contribution in [0.2, 0.25) is 0 Å². The molecular weight excluding hydrogens is 953 g/mol. The Hall–Kier alpha value is -3.99. The Kier molecular flexibility index (Phi) is 18.3. The summed E-state index contributed by atoms with van der Waals surface area (Å²) in [5.74, 6) is 0.534. The van der Waals surface area contributed by atoms with Crippen LogP contribution < -0.4 is 79.0 Å². The number of anilines is 2. The van der Waals surface area contributed by atoms with Crippen molar-refractivity contribution >= 4 is 59.1 Å². The molecule has 0 bridgehead atoms. The Bertz CT molecular complexity index is 3190. The van der Waals surface area contributed by atoms with Gasteiger partial charge in [-0.1, -0.05) is 125 Å². The van der Waals surface area contributed by atoms with Crippen molar-refractivity contribution in [1.82, 2.24) is 5.32 Å². The number of carbonyl (C=O) groups is 1. The Morgan fingerprint density at radius 1 is 0.789 bits per heavy atom. The Morgan fingerprint density at radius 3 is 2.00 bits per heavy atom. The fraction of sp³-hybridized carbons (Fsp3) is 0.339. The molecule has 1 amide bonds. The summed E-state index contributed by atoms with van der Waals surface area (Å²) in [5.41, 5.74) is 8.04. The number of amides is 1. The third kappa shape index (κ3) is 12.7. The molecule has 3 aliphatic rings. The second kappa shape index (κ2) is 23.1. The minimum atomic E-state index is -4.16. The van der Waals surface area contributed by atoms with Crippen LogP contribution in [-0.2, 0) is 42.3 Å². The molecule has 1 aliphatic carbocycles. The minimum Gasteiger partial charge on any atom is -1.00 e. The fourth-order valence-corrected chi connectivity index (χ4v) is 11.6. The third-order valence-corrected chi connectivity index (χ3v) is 15.5. The van der Waals surface area contributed by atoms with Gasteiger partial charge in [-0.3, -0.25) is 13.9 Å². The normalized spacial score (nSPS) is 18.4. The third-order valence-electron chi connectivity index (χ3n) is 13.9. The molecule has 15 heteroatoms. The monoisotopic (exact) mass is 1020 g/mol. The van der Waals surface area contributed by atoms with E-state index in [1.807, 2.05) is 48.5 Å². The first kappa shape index (κ1) is 56.3. The van der Waals surface area contributed by atoms with Crippen molar-refractivity contribution in [1.29, 1.82) is 0 Å². The zero-order valence-corrected chi connectivity index (χ0v) is 47.8. The first-order valence-corrected chi connectivity index (χ1v) is 27.0. The summed E-state index contributed by atoms with van der Waals surface area (Å²) < 4.78 is 74.1. The number of carbonyl (C=O) groups excluding carboxylic acids is 1. The van der Waals surface area contributed by atoms with Gasteiger partial charge in [0.2, 0.25) is 5.91 Å². The largest absolute Gasteiger partial charge is 1.00 e. The van der Waals surface area contributed by atoms with E-state index in [-0.39, 0.29) is 98.3 Å². The Balaban J connectivity index is 0.00000289. The molecule has 2 heterocycles. The number of hydrogen-bond acceptors (Lipinski definition) is 8. The maximum Gasteiger partial charge on any atom is 1.00 e. The molecule has 0 saturated carbocycles. The van der Waals surface area contributed by atoms with E-state index in [1.54, 1.807) is 6.92 Å². The zero-order chi connectivity index (χ0) is 49.3. The molecule has 1 atom stereocenters. The van der Waals surface area contributed by atoms with E-state index in [2.05, 4.69) is 122 Å². The van der Waals surface area contributed by atoms with Gasteiger partial charge in [-0.15, -0.1) is 0 Å². The van der Waals surface area contributed by atoms with Gasteiger partial charge in [-0.25, -0.2) is 0 Å². The molecule has 3 N–H and O–H groups in total. The van der Waals surface area contributed by atoms with Crippen LogP contribution in [0.3, 0.4) is 0 Å². The van der Waals surface area contributed by atoms with Crippen molar-refractivity contribution in [2.75, 3.05) is 40.9 Å². The van der Waals surface area contributed by atoms with Gasteiger partial charge in [0, 0.05) is 53.1 Å². The first-order valence-electron chi connectivity index (χ1n) is 23.8. The molecule has 11 nitrogen and oxygen atoms in total. The molecule has 0 aromatic heterocycles. The standard InChI is InChI=1S/C56H63N3O8S2.2Na.2H/c1-38(2)54(60)57-33-32-39-20-26-44(27-21-39)67-53-42(24-30-49-55(3,4)51-45-18-9-7-14-40(45)22-28-47(51)58(49)34-12-36-68(61,62)63)16-11-17-43(53)25-31-50-56(5,6)52-46-19-10-8-15-41(46)23-29-48(52)59(50)35-13-37-69(64,65)66;;;;/h7-10,14-15,18-31,49H,1,11-13,16-17,32-37H2,2-6H3,(H,57,60)(H,61,62,63)(H,64,65,66);;;;/q;2*+1;2*-1. The molecule has 0 saturated heterocycles. The Labute approximate surface area is 467 Å². The molecule has 2 aliphatic heterocycles. The second-order valence-electron chi connectivity index (χ2n) is 19.6. The summed E-state index contributed by atoms with van der Waals surface area (Å²) in [6.07, 6.45) is 12.2. The summed E-state index contributed by atoms with van der Waals surface area (Å²) in [5, 5.41) is 7.42. The predicted molar refractivity (Wildman–Crippen MR) is 281 cm³/mol. The van der Waals surface area contributed by atoms with Gasteiger partial charge in [-0.2, -0.15) is 16.8 Å². The van der Waals surface area contributed by atoms with E-state index >= 15 is 0 Å².